The fraction of sp³-hybridized carbons (Fsp3) is 0.158. The molecule has 0 atom stereocenters. The van der Waals surface area contributed by atoms with Gasteiger partial charge in [0.15, 0.2) is 16.7 Å². The monoisotopic (exact) mass is 388 g/mol. The molecule has 0 unspecified atom stereocenters. The van der Waals surface area contributed by atoms with Gasteiger partial charge >= 0.3 is 0 Å². The molecule has 1 aliphatic heterocycles. The van der Waals surface area contributed by atoms with Crippen LogP contribution in [-0.4, -0.2) is 25.3 Å². The van der Waals surface area contributed by atoms with Crippen LogP contribution >= 0.6 is 23.4 Å². The molecular weight excluding hydrogens is 372 g/mol. The first-order valence-corrected chi connectivity index (χ1v) is 8.97. The molecule has 2 aromatic carbocycles. The standard InChI is InChI=1S/C19H17ClN2O3S/c1-11-7-15(24-2)16(25-3)8-12(11)9-17-18(23)22-19(26-17)21-14-6-4-5-13(20)10-14/h4-10H,1-3H3,(H,21,22,23). The van der Waals surface area contributed by atoms with Gasteiger partial charge in [0.05, 0.1) is 24.8 Å². The maximum absolute atomic E-state index is 12.3. The summed E-state index contributed by atoms with van der Waals surface area (Å²) in [6.07, 6.45) is 1.82. The highest BCUT2D eigenvalue weighted by atomic mass is 35.5. The second-order valence-electron chi connectivity index (χ2n) is 5.53. The molecule has 1 saturated heterocycles. The number of ether oxygens (including phenoxy) is 2. The number of nitrogens with zero attached hydrogens (tertiary/aromatic N) is 1. The van der Waals surface area contributed by atoms with E-state index in [1.807, 2.05) is 37.3 Å². The van der Waals surface area contributed by atoms with Crippen LogP contribution in [0, 0.1) is 6.92 Å². The number of aliphatic imine (C=N–C) groups is 1. The fourth-order valence-corrected chi connectivity index (χ4v) is 3.45. The second kappa shape index (κ2) is 7.85. The van der Waals surface area contributed by atoms with Crippen molar-refractivity contribution in [1.29, 1.82) is 0 Å². The van der Waals surface area contributed by atoms with Crippen LogP contribution in [0.15, 0.2) is 46.3 Å². The van der Waals surface area contributed by atoms with E-state index in [-0.39, 0.29) is 5.91 Å². The molecule has 1 N–H and O–H groups in total. The number of carbonyl (C=O) groups excluding carboxylic acids is 1. The van der Waals surface area contributed by atoms with Crippen molar-refractivity contribution in [3.05, 3.63) is 57.5 Å². The van der Waals surface area contributed by atoms with Crippen molar-refractivity contribution in [3.63, 3.8) is 0 Å². The van der Waals surface area contributed by atoms with Gasteiger partial charge in [-0.2, -0.15) is 0 Å². The van der Waals surface area contributed by atoms with E-state index in [9.17, 15) is 4.79 Å². The lowest BCUT2D eigenvalue weighted by atomic mass is 10.1. The number of amidine groups is 1. The summed E-state index contributed by atoms with van der Waals surface area (Å²) in [6, 6.07) is 10.9. The maximum atomic E-state index is 12.3. The summed E-state index contributed by atoms with van der Waals surface area (Å²) in [5.74, 6) is 1.07. The Morgan fingerprint density at radius 3 is 2.58 bits per heavy atom. The van der Waals surface area contributed by atoms with E-state index in [1.54, 1.807) is 26.4 Å². The van der Waals surface area contributed by atoms with Crippen molar-refractivity contribution in [2.45, 2.75) is 6.92 Å². The fourth-order valence-electron chi connectivity index (χ4n) is 2.44. The van der Waals surface area contributed by atoms with Crippen molar-refractivity contribution in [3.8, 4) is 11.5 Å². The largest absolute Gasteiger partial charge is 0.493 e. The van der Waals surface area contributed by atoms with E-state index < -0.39 is 0 Å². The van der Waals surface area contributed by atoms with Gasteiger partial charge in [0.1, 0.15) is 0 Å². The van der Waals surface area contributed by atoms with Crippen LogP contribution in [0.25, 0.3) is 6.08 Å². The summed E-state index contributed by atoms with van der Waals surface area (Å²) < 4.78 is 10.6. The minimum Gasteiger partial charge on any atom is -0.493 e. The molecule has 3 rings (SSSR count). The number of hydrogen-bond donors (Lipinski definition) is 1. The molecular formula is C19H17ClN2O3S. The Morgan fingerprint density at radius 1 is 1.15 bits per heavy atom. The highest BCUT2D eigenvalue weighted by Gasteiger charge is 2.24. The number of aryl methyl sites for hydroxylation is 1. The van der Waals surface area contributed by atoms with Gasteiger partial charge in [0.2, 0.25) is 0 Å². The van der Waals surface area contributed by atoms with E-state index in [0.717, 1.165) is 11.1 Å². The molecule has 134 valence electrons. The third-order valence-electron chi connectivity index (χ3n) is 3.75. The number of carbonyl (C=O) groups is 1. The van der Waals surface area contributed by atoms with E-state index in [0.29, 0.717) is 32.3 Å². The van der Waals surface area contributed by atoms with Gasteiger partial charge in [-0.25, -0.2) is 4.99 Å². The molecule has 26 heavy (non-hydrogen) atoms. The molecule has 0 spiro atoms. The summed E-state index contributed by atoms with van der Waals surface area (Å²) in [5.41, 5.74) is 2.54. The first-order chi connectivity index (χ1) is 12.5. The molecule has 5 nitrogen and oxygen atoms in total. The van der Waals surface area contributed by atoms with Crippen molar-refractivity contribution in [1.82, 2.24) is 5.32 Å². The van der Waals surface area contributed by atoms with Crippen molar-refractivity contribution < 1.29 is 14.3 Å². The van der Waals surface area contributed by atoms with Gasteiger partial charge < -0.3 is 14.8 Å². The van der Waals surface area contributed by atoms with E-state index >= 15 is 0 Å². The topological polar surface area (TPSA) is 59.9 Å². The van der Waals surface area contributed by atoms with Gasteiger partial charge in [0, 0.05) is 5.02 Å². The third kappa shape index (κ3) is 4.03. The Bertz CT molecular complexity index is 925. The molecule has 0 bridgehead atoms. The Labute approximate surface area is 161 Å². The third-order valence-corrected chi connectivity index (χ3v) is 4.89. The van der Waals surface area contributed by atoms with Crippen LogP contribution in [-0.2, 0) is 4.79 Å². The lowest BCUT2D eigenvalue weighted by molar-refractivity contribution is -0.115. The number of methoxy groups -OCH3 is 2. The lowest BCUT2D eigenvalue weighted by Crippen LogP contribution is -2.19. The molecule has 0 saturated carbocycles. The number of benzene rings is 2. The summed E-state index contributed by atoms with van der Waals surface area (Å²) in [4.78, 5) is 17.3. The van der Waals surface area contributed by atoms with E-state index in [4.69, 9.17) is 21.1 Å². The van der Waals surface area contributed by atoms with Gasteiger partial charge in [-0.05, 0) is 66.2 Å². The van der Waals surface area contributed by atoms with Crippen LogP contribution in [0.3, 0.4) is 0 Å². The quantitative estimate of drug-likeness (QED) is 0.780. The number of halogens is 1. The van der Waals surface area contributed by atoms with Crippen LogP contribution in [0.5, 0.6) is 11.5 Å². The number of nitrogens with one attached hydrogen (secondary N) is 1. The van der Waals surface area contributed by atoms with Gasteiger partial charge in [-0.1, -0.05) is 17.7 Å². The molecule has 1 fully saturated rings. The first-order valence-electron chi connectivity index (χ1n) is 7.78. The molecule has 0 radical (unpaired) electrons. The molecule has 1 amide bonds. The van der Waals surface area contributed by atoms with Crippen LogP contribution in [0.1, 0.15) is 11.1 Å². The summed E-state index contributed by atoms with van der Waals surface area (Å²) >= 11 is 7.25. The van der Waals surface area contributed by atoms with Crippen LogP contribution < -0.4 is 14.8 Å². The van der Waals surface area contributed by atoms with Crippen molar-refractivity contribution in [2.75, 3.05) is 14.2 Å². The Hall–Kier alpha value is -2.44. The number of rotatable bonds is 4. The van der Waals surface area contributed by atoms with Crippen molar-refractivity contribution in [2.24, 2.45) is 4.99 Å². The molecule has 2 aromatic rings. The second-order valence-corrected chi connectivity index (χ2v) is 6.99. The Morgan fingerprint density at radius 2 is 1.88 bits per heavy atom. The summed E-state index contributed by atoms with van der Waals surface area (Å²) in [7, 11) is 3.17. The predicted octanol–water partition coefficient (Wildman–Crippen LogP) is 4.56. The zero-order valence-corrected chi connectivity index (χ0v) is 16.1. The van der Waals surface area contributed by atoms with Crippen LogP contribution in [0.4, 0.5) is 5.69 Å². The Balaban J connectivity index is 1.89. The zero-order chi connectivity index (χ0) is 18.7. The summed E-state index contributed by atoms with van der Waals surface area (Å²) in [5, 5.41) is 3.88. The molecule has 0 aliphatic carbocycles. The SMILES string of the molecule is COc1cc(C)c(C=C2SC(=Nc3cccc(Cl)c3)NC2=O)cc1OC. The van der Waals surface area contributed by atoms with E-state index in [2.05, 4.69) is 10.3 Å². The zero-order valence-electron chi connectivity index (χ0n) is 14.5. The normalized spacial score (nSPS) is 16.8. The average molecular weight is 389 g/mol. The van der Waals surface area contributed by atoms with Gasteiger partial charge in [0.25, 0.3) is 5.91 Å². The number of thioether (sulfide) groups is 1. The van der Waals surface area contributed by atoms with Gasteiger partial charge in [-0.3, -0.25) is 4.79 Å². The minimum atomic E-state index is -0.190. The van der Waals surface area contributed by atoms with E-state index in [1.165, 1.54) is 11.8 Å². The number of hydrogen-bond acceptors (Lipinski definition) is 5. The average Bonchev–Trinajstić information content (AvgIpc) is 2.95. The van der Waals surface area contributed by atoms with Crippen molar-refractivity contribution >= 4 is 46.2 Å². The molecule has 1 heterocycles. The molecule has 0 aromatic heterocycles. The first kappa shape index (κ1) is 18.4. The predicted molar refractivity (Wildman–Crippen MR) is 107 cm³/mol. The smallest absolute Gasteiger partial charge is 0.264 e. The van der Waals surface area contributed by atoms with Crippen LogP contribution in [0.2, 0.25) is 5.02 Å². The maximum Gasteiger partial charge on any atom is 0.264 e. The lowest BCUT2D eigenvalue weighted by Gasteiger charge is -2.10. The van der Waals surface area contributed by atoms with Gasteiger partial charge in [-0.15, -0.1) is 0 Å². The highest BCUT2D eigenvalue weighted by Crippen LogP contribution is 2.34. The number of amides is 1. The summed E-state index contributed by atoms with van der Waals surface area (Å²) in [6.45, 7) is 1.95. The molecule has 1 aliphatic rings. The Kier molecular flexibility index (Phi) is 5.54. The molecule has 7 heteroatoms. The highest BCUT2D eigenvalue weighted by molar-refractivity contribution is 8.18. The minimum absolute atomic E-state index is 0.190.